The van der Waals surface area contributed by atoms with Crippen LogP contribution in [-0.4, -0.2) is 48.8 Å². The van der Waals surface area contributed by atoms with Crippen LogP contribution in [0.15, 0.2) is 93.0 Å². The average molecular weight is 450 g/mol. The number of piperazine rings is 1. The van der Waals surface area contributed by atoms with Crippen molar-refractivity contribution in [1.82, 2.24) is 14.2 Å². The Hall–Kier alpha value is -3.20. The molecule has 2 heterocycles. The maximum Gasteiger partial charge on any atom is 0.417 e. The molecule has 1 aliphatic rings. The summed E-state index contributed by atoms with van der Waals surface area (Å²) in [4.78, 5) is 16.4. The predicted octanol–water partition coefficient (Wildman–Crippen LogP) is 3.22. The van der Waals surface area contributed by atoms with Crippen molar-refractivity contribution in [2.75, 3.05) is 26.2 Å². The van der Waals surface area contributed by atoms with E-state index < -0.39 is 15.8 Å². The Labute approximate surface area is 186 Å². The Morgan fingerprint density at radius 1 is 0.812 bits per heavy atom. The molecular formula is C24H23N3O4S. The van der Waals surface area contributed by atoms with Crippen molar-refractivity contribution in [2.45, 2.75) is 10.9 Å². The minimum absolute atomic E-state index is 0.0645. The van der Waals surface area contributed by atoms with E-state index in [2.05, 4.69) is 34.1 Å². The Morgan fingerprint density at radius 2 is 1.41 bits per heavy atom. The highest BCUT2D eigenvalue weighted by Crippen LogP contribution is 2.30. The first kappa shape index (κ1) is 20.7. The van der Waals surface area contributed by atoms with Gasteiger partial charge in [0.1, 0.15) is 0 Å². The zero-order valence-corrected chi connectivity index (χ0v) is 18.2. The van der Waals surface area contributed by atoms with Gasteiger partial charge in [-0.05, 0) is 29.3 Å². The number of hydrogen-bond donors (Lipinski definition) is 1. The Morgan fingerprint density at radius 3 is 2.00 bits per heavy atom. The highest BCUT2D eigenvalue weighted by molar-refractivity contribution is 7.89. The molecule has 0 bridgehead atoms. The number of oxazole rings is 1. The second-order valence-electron chi connectivity index (χ2n) is 7.84. The van der Waals surface area contributed by atoms with Crippen LogP contribution in [0.1, 0.15) is 17.2 Å². The first-order valence-electron chi connectivity index (χ1n) is 10.5. The van der Waals surface area contributed by atoms with E-state index in [-0.39, 0.29) is 10.9 Å². The number of fused-ring (bicyclic) bond motifs is 1. The van der Waals surface area contributed by atoms with Crippen molar-refractivity contribution in [3.05, 3.63) is 101 Å². The molecule has 1 aromatic heterocycles. The first-order valence-corrected chi connectivity index (χ1v) is 11.9. The maximum absolute atomic E-state index is 13.2. The highest BCUT2D eigenvalue weighted by atomic mass is 32.2. The normalized spacial score (nSPS) is 16.0. The smallest absolute Gasteiger partial charge is 0.408 e. The van der Waals surface area contributed by atoms with Gasteiger partial charge in [0, 0.05) is 26.2 Å². The molecule has 164 valence electrons. The Kier molecular flexibility index (Phi) is 5.42. The number of hydrogen-bond acceptors (Lipinski definition) is 5. The SMILES string of the molecule is O=c1[nH]c2cc(S(=O)(=O)N3CCN(C(c4ccccc4)c4ccccc4)CC3)ccc2o1. The molecule has 4 aromatic rings. The summed E-state index contributed by atoms with van der Waals surface area (Å²) in [5.41, 5.74) is 3.09. The molecule has 1 aliphatic heterocycles. The van der Waals surface area contributed by atoms with Gasteiger partial charge in [0.25, 0.3) is 0 Å². The highest BCUT2D eigenvalue weighted by Gasteiger charge is 2.32. The lowest BCUT2D eigenvalue weighted by molar-refractivity contribution is 0.156. The zero-order valence-electron chi connectivity index (χ0n) is 17.3. The third kappa shape index (κ3) is 3.88. The number of benzene rings is 3. The molecule has 0 saturated carbocycles. The number of rotatable bonds is 5. The van der Waals surface area contributed by atoms with Crippen molar-refractivity contribution in [3.63, 3.8) is 0 Å². The van der Waals surface area contributed by atoms with Gasteiger partial charge in [0.15, 0.2) is 5.58 Å². The van der Waals surface area contributed by atoms with Gasteiger partial charge in [-0.3, -0.25) is 9.88 Å². The van der Waals surface area contributed by atoms with E-state index in [1.54, 1.807) is 0 Å². The molecule has 0 amide bonds. The van der Waals surface area contributed by atoms with Gasteiger partial charge in [0.05, 0.1) is 16.5 Å². The van der Waals surface area contributed by atoms with Crippen LogP contribution in [-0.2, 0) is 10.0 Å². The number of aromatic amines is 1. The van der Waals surface area contributed by atoms with Crippen LogP contribution in [0.5, 0.6) is 0 Å². The van der Waals surface area contributed by atoms with Crippen LogP contribution in [0.4, 0.5) is 0 Å². The Balaban J connectivity index is 1.38. The monoisotopic (exact) mass is 449 g/mol. The molecular weight excluding hydrogens is 426 g/mol. The van der Waals surface area contributed by atoms with Crippen molar-refractivity contribution < 1.29 is 12.8 Å². The van der Waals surface area contributed by atoms with E-state index in [0.29, 0.717) is 37.3 Å². The van der Waals surface area contributed by atoms with Crippen LogP contribution in [0.3, 0.4) is 0 Å². The largest absolute Gasteiger partial charge is 0.417 e. The van der Waals surface area contributed by atoms with E-state index in [1.807, 2.05) is 36.4 Å². The van der Waals surface area contributed by atoms with Gasteiger partial charge in [-0.15, -0.1) is 0 Å². The van der Waals surface area contributed by atoms with Crippen LogP contribution < -0.4 is 5.76 Å². The van der Waals surface area contributed by atoms with Crippen molar-refractivity contribution in [2.24, 2.45) is 0 Å². The van der Waals surface area contributed by atoms with Gasteiger partial charge < -0.3 is 4.42 Å². The van der Waals surface area contributed by atoms with Gasteiger partial charge in [-0.2, -0.15) is 4.31 Å². The van der Waals surface area contributed by atoms with E-state index in [9.17, 15) is 13.2 Å². The van der Waals surface area contributed by atoms with Gasteiger partial charge >= 0.3 is 5.76 Å². The second-order valence-corrected chi connectivity index (χ2v) is 9.77. The third-order valence-electron chi connectivity index (χ3n) is 5.90. The minimum Gasteiger partial charge on any atom is -0.408 e. The third-order valence-corrected chi connectivity index (χ3v) is 7.79. The lowest BCUT2D eigenvalue weighted by Gasteiger charge is -2.39. The molecule has 0 atom stereocenters. The maximum atomic E-state index is 13.2. The quantitative estimate of drug-likeness (QED) is 0.506. The molecule has 5 rings (SSSR count). The summed E-state index contributed by atoms with van der Waals surface area (Å²) in [5.74, 6) is -0.601. The first-order chi connectivity index (χ1) is 15.5. The molecule has 1 saturated heterocycles. The average Bonchev–Trinajstić information content (AvgIpc) is 3.20. The number of H-pyrrole nitrogens is 1. The van der Waals surface area contributed by atoms with Crippen LogP contribution >= 0.6 is 0 Å². The molecule has 32 heavy (non-hydrogen) atoms. The second kappa shape index (κ2) is 8.38. The number of nitrogens with zero attached hydrogens (tertiary/aromatic N) is 2. The van der Waals surface area contributed by atoms with Crippen molar-refractivity contribution in [3.8, 4) is 0 Å². The summed E-state index contributed by atoms with van der Waals surface area (Å²) in [7, 11) is -3.68. The molecule has 8 heteroatoms. The van der Waals surface area contributed by atoms with Crippen LogP contribution in [0, 0.1) is 0 Å². The molecule has 0 spiro atoms. The van der Waals surface area contributed by atoms with Crippen LogP contribution in [0.25, 0.3) is 11.1 Å². The molecule has 7 nitrogen and oxygen atoms in total. The molecule has 3 aromatic carbocycles. The van der Waals surface area contributed by atoms with Gasteiger partial charge in [0.2, 0.25) is 10.0 Å². The van der Waals surface area contributed by atoms with Crippen molar-refractivity contribution >= 4 is 21.1 Å². The molecule has 0 radical (unpaired) electrons. The van der Waals surface area contributed by atoms with Gasteiger partial charge in [-0.1, -0.05) is 60.7 Å². The summed E-state index contributed by atoms with van der Waals surface area (Å²) in [6.45, 7) is 1.99. The summed E-state index contributed by atoms with van der Waals surface area (Å²) in [6, 6.07) is 25.1. The summed E-state index contributed by atoms with van der Waals surface area (Å²) in [5, 5.41) is 0. The number of sulfonamides is 1. The van der Waals surface area contributed by atoms with Gasteiger partial charge in [-0.25, -0.2) is 13.2 Å². The standard InChI is InChI=1S/C24H23N3O4S/c28-24-25-21-17-20(11-12-22(21)31-24)32(29,30)27-15-13-26(14-16-27)23(18-7-3-1-4-8-18)19-9-5-2-6-10-19/h1-12,17,23H,13-16H2,(H,25,28). The predicted molar refractivity (Wildman–Crippen MR) is 122 cm³/mol. The summed E-state index contributed by atoms with van der Waals surface area (Å²) >= 11 is 0. The fourth-order valence-corrected chi connectivity index (χ4v) is 5.78. The van der Waals surface area contributed by atoms with E-state index in [4.69, 9.17) is 4.42 Å². The minimum atomic E-state index is -3.68. The topological polar surface area (TPSA) is 86.6 Å². The zero-order chi connectivity index (χ0) is 22.1. The van der Waals surface area contributed by atoms with Crippen LogP contribution in [0.2, 0.25) is 0 Å². The lowest BCUT2D eigenvalue weighted by atomic mass is 9.96. The number of aromatic nitrogens is 1. The fourth-order valence-electron chi connectivity index (χ4n) is 4.33. The molecule has 1 fully saturated rings. The molecule has 0 unspecified atom stereocenters. The van der Waals surface area contributed by atoms with E-state index in [1.165, 1.54) is 33.6 Å². The van der Waals surface area contributed by atoms with Crippen molar-refractivity contribution in [1.29, 1.82) is 0 Å². The van der Waals surface area contributed by atoms with E-state index in [0.717, 1.165) is 0 Å². The van der Waals surface area contributed by atoms with E-state index >= 15 is 0 Å². The molecule has 1 N–H and O–H groups in total. The summed E-state index contributed by atoms with van der Waals surface area (Å²) in [6.07, 6.45) is 0. The molecule has 0 aliphatic carbocycles. The number of nitrogens with one attached hydrogen (secondary N) is 1. The summed E-state index contributed by atoms with van der Waals surface area (Å²) < 4.78 is 33.0. The fraction of sp³-hybridized carbons (Fsp3) is 0.208. The Bertz CT molecular complexity index is 1330. The lowest BCUT2D eigenvalue weighted by Crippen LogP contribution is -2.49.